The molecule has 1 saturated heterocycles. The van der Waals surface area contributed by atoms with Gasteiger partial charge >= 0.3 is 5.97 Å². The number of rotatable bonds is 23. The number of allylic oxidation sites excluding steroid dienone is 2. The molecule has 1 aliphatic rings. The second kappa shape index (κ2) is 22.0. The molecular weight excluding hydrogens is 552 g/mol. The highest BCUT2D eigenvalue weighted by atomic mass is 16.7. The highest BCUT2D eigenvalue weighted by Crippen LogP contribution is 2.29. The first kappa shape index (κ1) is 39.4. The van der Waals surface area contributed by atoms with Gasteiger partial charge in [-0.1, -0.05) is 47.1 Å². The van der Waals surface area contributed by atoms with Crippen LogP contribution in [0.3, 0.4) is 0 Å². The third-order valence-corrected chi connectivity index (χ3v) is 8.64. The summed E-state index contributed by atoms with van der Waals surface area (Å²) < 4.78 is 28.9. The van der Waals surface area contributed by atoms with E-state index in [-0.39, 0.29) is 41.5 Å². The van der Waals surface area contributed by atoms with Crippen LogP contribution in [0.15, 0.2) is 12.2 Å². The number of carbonyl (C=O) groups is 3. The molecule has 1 rings (SSSR count). The minimum atomic E-state index is -0.814. The van der Waals surface area contributed by atoms with Gasteiger partial charge in [0, 0.05) is 33.0 Å². The van der Waals surface area contributed by atoms with E-state index in [1.54, 1.807) is 20.1 Å². The summed E-state index contributed by atoms with van der Waals surface area (Å²) in [7, 11) is 3.08. The Hall–Kier alpha value is -1.65. The Morgan fingerprint density at radius 1 is 1.00 bits per heavy atom. The van der Waals surface area contributed by atoms with Gasteiger partial charge in [-0.3, -0.25) is 9.59 Å². The first-order valence-corrected chi connectivity index (χ1v) is 16.4. The standard InChI is InChI=1S/C34H60O9/c1-9-12-14-28(36)24(5)22-26(17-19-35)21-23(4)15-16-30(37)43-29(11-3)27(13-10-2)18-20-41-34-33(40-8)32(39-7)31(38)25(6)42-34/h12,14,19,23-27,29,31-34,38H,9-11,13,15-18,20-22H2,1-8H3/b14-12+/t23-,24+,25?,26?,27?,29+,31+,32+,33?,34+/m0/s1. The van der Waals surface area contributed by atoms with E-state index < -0.39 is 30.7 Å². The lowest BCUT2D eigenvalue weighted by Crippen LogP contribution is -2.58. The summed E-state index contributed by atoms with van der Waals surface area (Å²) >= 11 is 0. The Labute approximate surface area is 260 Å². The van der Waals surface area contributed by atoms with Gasteiger partial charge in [0.1, 0.15) is 30.7 Å². The van der Waals surface area contributed by atoms with Gasteiger partial charge in [-0.05, 0) is 75.7 Å². The van der Waals surface area contributed by atoms with Crippen molar-refractivity contribution in [3.05, 3.63) is 12.2 Å². The molecule has 1 aliphatic heterocycles. The van der Waals surface area contributed by atoms with Gasteiger partial charge in [-0.15, -0.1) is 0 Å². The molecule has 43 heavy (non-hydrogen) atoms. The number of carbonyl (C=O) groups excluding carboxylic acids is 3. The van der Waals surface area contributed by atoms with Crippen molar-refractivity contribution >= 4 is 18.0 Å². The number of aliphatic hydroxyl groups excluding tert-OH is 1. The third-order valence-electron chi connectivity index (χ3n) is 8.64. The van der Waals surface area contributed by atoms with Gasteiger partial charge in [-0.2, -0.15) is 0 Å². The Balaban J connectivity index is 2.64. The highest BCUT2D eigenvalue weighted by Gasteiger charge is 2.45. The molecule has 0 aliphatic carbocycles. The molecule has 1 heterocycles. The zero-order valence-corrected chi connectivity index (χ0v) is 28.0. The number of ketones is 1. The number of hydrogen-bond acceptors (Lipinski definition) is 9. The zero-order chi connectivity index (χ0) is 32.4. The number of esters is 1. The molecule has 0 amide bonds. The fraction of sp³-hybridized carbons (Fsp3) is 0.853. The zero-order valence-electron chi connectivity index (χ0n) is 28.0. The number of aliphatic hydroxyl groups is 1. The molecule has 1 N–H and O–H groups in total. The Bertz CT molecular complexity index is 816. The fourth-order valence-electron chi connectivity index (χ4n) is 6.09. The van der Waals surface area contributed by atoms with Crippen LogP contribution in [-0.2, 0) is 38.1 Å². The quantitative estimate of drug-likeness (QED) is 0.0863. The molecular formula is C34H60O9. The number of methoxy groups -OCH3 is 2. The van der Waals surface area contributed by atoms with E-state index in [2.05, 4.69) is 13.8 Å². The van der Waals surface area contributed by atoms with E-state index in [9.17, 15) is 19.5 Å². The summed E-state index contributed by atoms with van der Waals surface area (Å²) in [4.78, 5) is 36.5. The minimum absolute atomic E-state index is 0.101. The molecule has 0 spiro atoms. The van der Waals surface area contributed by atoms with E-state index in [0.717, 1.165) is 32.0 Å². The Morgan fingerprint density at radius 2 is 1.70 bits per heavy atom. The van der Waals surface area contributed by atoms with Crippen LogP contribution in [0, 0.1) is 23.7 Å². The van der Waals surface area contributed by atoms with Gasteiger partial charge in [-0.25, -0.2) is 0 Å². The van der Waals surface area contributed by atoms with Crippen molar-refractivity contribution in [2.24, 2.45) is 23.7 Å². The fourth-order valence-corrected chi connectivity index (χ4v) is 6.09. The second-order valence-electron chi connectivity index (χ2n) is 12.2. The van der Waals surface area contributed by atoms with E-state index in [0.29, 0.717) is 45.1 Å². The van der Waals surface area contributed by atoms with Crippen molar-refractivity contribution in [3.8, 4) is 0 Å². The van der Waals surface area contributed by atoms with Crippen LogP contribution in [0.1, 0.15) is 106 Å². The lowest BCUT2D eigenvalue weighted by molar-refractivity contribution is -0.302. The smallest absolute Gasteiger partial charge is 0.306 e. The molecule has 0 aromatic rings. The summed E-state index contributed by atoms with van der Waals surface area (Å²) in [5.41, 5.74) is 0. The van der Waals surface area contributed by atoms with E-state index in [1.807, 2.05) is 26.8 Å². The van der Waals surface area contributed by atoms with Crippen molar-refractivity contribution in [2.75, 3.05) is 20.8 Å². The van der Waals surface area contributed by atoms with Crippen LogP contribution >= 0.6 is 0 Å². The predicted molar refractivity (Wildman–Crippen MR) is 166 cm³/mol. The lowest BCUT2D eigenvalue weighted by Gasteiger charge is -2.42. The molecule has 9 heteroatoms. The van der Waals surface area contributed by atoms with Crippen molar-refractivity contribution in [1.29, 1.82) is 0 Å². The summed E-state index contributed by atoms with van der Waals surface area (Å²) in [6, 6.07) is 0. The normalized spacial score (nSPS) is 26.0. The molecule has 0 saturated carbocycles. The maximum Gasteiger partial charge on any atom is 0.306 e. The summed E-state index contributed by atoms with van der Waals surface area (Å²) in [6.45, 7) is 12.3. The third kappa shape index (κ3) is 13.9. The van der Waals surface area contributed by atoms with Crippen LogP contribution < -0.4 is 0 Å². The average Bonchev–Trinajstić information content (AvgIpc) is 2.98. The molecule has 1 fully saturated rings. The van der Waals surface area contributed by atoms with Gasteiger partial charge in [0.15, 0.2) is 12.1 Å². The first-order valence-electron chi connectivity index (χ1n) is 16.4. The first-order chi connectivity index (χ1) is 20.6. The Kier molecular flexibility index (Phi) is 20.1. The molecule has 250 valence electrons. The van der Waals surface area contributed by atoms with E-state index >= 15 is 0 Å². The van der Waals surface area contributed by atoms with Gasteiger partial charge in [0.25, 0.3) is 0 Å². The van der Waals surface area contributed by atoms with Crippen LogP contribution in [0.25, 0.3) is 0 Å². The maximum absolute atomic E-state index is 12.9. The van der Waals surface area contributed by atoms with E-state index in [4.69, 9.17) is 23.7 Å². The minimum Gasteiger partial charge on any atom is -0.462 e. The van der Waals surface area contributed by atoms with Crippen LogP contribution in [0.5, 0.6) is 0 Å². The van der Waals surface area contributed by atoms with Crippen molar-refractivity contribution < 1.29 is 43.2 Å². The molecule has 0 radical (unpaired) electrons. The second-order valence-corrected chi connectivity index (χ2v) is 12.2. The van der Waals surface area contributed by atoms with Gasteiger partial charge in [0.05, 0.1) is 12.7 Å². The molecule has 10 atom stereocenters. The maximum atomic E-state index is 12.9. The molecule has 0 aromatic carbocycles. The Morgan fingerprint density at radius 3 is 2.28 bits per heavy atom. The monoisotopic (exact) mass is 612 g/mol. The average molecular weight is 613 g/mol. The molecule has 0 aromatic heterocycles. The summed E-state index contributed by atoms with van der Waals surface area (Å²) in [6.07, 6.45) is 8.13. The topological polar surface area (TPSA) is 118 Å². The van der Waals surface area contributed by atoms with Crippen LogP contribution in [0.2, 0.25) is 0 Å². The number of hydrogen-bond donors (Lipinski definition) is 1. The van der Waals surface area contributed by atoms with Gasteiger partial charge < -0.3 is 33.6 Å². The largest absolute Gasteiger partial charge is 0.462 e. The summed E-state index contributed by atoms with van der Waals surface area (Å²) in [5.74, 6) is 0.250. The van der Waals surface area contributed by atoms with E-state index in [1.165, 1.54) is 7.11 Å². The molecule has 9 nitrogen and oxygen atoms in total. The van der Waals surface area contributed by atoms with Crippen LogP contribution in [-0.4, -0.2) is 80.8 Å². The van der Waals surface area contributed by atoms with Gasteiger partial charge in [0.2, 0.25) is 0 Å². The van der Waals surface area contributed by atoms with Crippen molar-refractivity contribution in [1.82, 2.24) is 0 Å². The van der Waals surface area contributed by atoms with Crippen molar-refractivity contribution in [3.63, 3.8) is 0 Å². The molecule has 0 bridgehead atoms. The predicted octanol–water partition coefficient (Wildman–Crippen LogP) is 5.84. The SMILES string of the molecule is CC/C=C/C(=O)[C@H](C)CC(CC=O)C[C@@H](C)CCC(=O)O[C@H](CC)C(CCC)CCO[C@@H]1OC(C)[C@@H](O)[C@@H](OC)C1OC. The highest BCUT2D eigenvalue weighted by molar-refractivity contribution is 5.91. The summed E-state index contributed by atoms with van der Waals surface area (Å²) in [5, 5.41) is 10.4. The lowest BCUT2D eigenvalue weighted by atomic mass is 9.83. The number of ether oxygens (including phenoxy) is 5. The number of aldehydes is 1. The molecule has 4 unspecified atom stereocenters. The van der Waals surface area contributed by atoms with Crippen LogP contribution in [0.4, 0.5) is 0 Å². The van der Waals surface area contributed by atoms with Crippen molar-refractivity contribution in [2.45, 2.75) is 143 Å².